The number of rotatable bonds is 4. The molecule has 0 bridgehead atoms. The molecule has 3 aliphatic heterocycles. The average Bonchev–Trinajstić information content (AvgIpc) is 3.31. The fourth-order valence-corrected chi connectivity index (χ4v) is 7.68. The van der Waals surface area contributed by atoms with Crippen molar-refractivity contribution in [3.05, 3.63) is 23.8 Å². The summed E-state index contributed by atoms with van der Waals surface area (Å²) in [5.74, 6) is -1.46. The monoisotopic (exact) mass is 604 g/mol. The van der Waals surface area contributed by atoms with E-state index in [1.807, 2.05) is 0 Å². The number of nitrogens with zero attached hydrogens (tertiary/aromatic N) is 5. The van der Waals surface area contributed by atoms with Crippen LogP contribution in [0.4, 0.5) is 19.0 Å². The number of carbonyl (C=O) groups is 2. The van der Waals surface area contributed by atoms with Gasteiger partial charge in [0.2, 0.25) is 5.91 Å². The van der Waals surface area contributed by atoms with Crippen molar-refractivity contribution >= 4 is 23.3 Å². The lowest BCUT2D eigenvalue weighted by Gasteiger charge is -2.53. The molecule has 1 spiro atoms. The Hall–Kier alpha value is -2.93. The first kappa shape index (κ1) is 30.1. The molecule has 1 aliphatic carbocycles. The van der Waals surface area contributed by atoms with Crippen molar-refractivity contribution in [1.82, 2.24) is 35.0 Å². The molecule has 4 N–H and O–H groups in total. The summed E-state index contributed by atoms with van der Waals surface area (Å²) in [4.78, 5) is 34.2. The van der Waals surface area contributed by atoms with E-state index in [0.717, 1.165) is 68.3 Å². The smallest absolute Gasteiger partial charge is 0.259 e. The summed E-state index contributed by atoms with van der Waals surface area (Å²) in [6, 6.07) is -1.20. The Morgan fingerprint density at radius 1 is 1.02 bits per heavy atom. The Balaban J connectivity index is 1.23. The molecule has 4 aliphatic rings. The number of hydrogen-bond donors (Lipinski definition) is 3. The second-order valence-electron chi connectivity index (χ2n) is 12.9. The van der Waals surface area contributed by atoms with E-state index in [2.05, 4.69) is 25.6 Å². The van der Waals surface area contributed by atoms with Gasteiger partial charge in [0.25, 0.3) is 5.91 Å². The molecule has 2 amide bonds. The molecule has 3 atom stereocenters. The second kappa shape index (κ2) is 12.6. The van der Waals surface area contributed by atoms with Crippen molar-refractivity contribution in [3.63, 3.8) is 0 Å². The number of likely N-dealkylation sites (tertiary alicyclic amines) is 2. The molecule has 1 saturated carbocycles. The number of halogens is 3. The normalized spacial score (nSPS) is 28.1. The summed E-state index contributed by atoms with van der Waals surface area (Å²) in [5.41, 5.74) is 5.52. The topological polar surface area (TPSA) is 121 Å². The van der Waals surface area contributed by atoms with Crippen molar-refractivity contribution in [2.24, 2.45) is 5.92 Å². The van der Waals surface area contributed by atoms with Gasteiger partial charge in [-0.25, -0.2) is 22.7 Å². The third kappa shape index (κ3) is 6.07. The molecule has 236 valence electrons. The van der Waals surface area contributed by atoms with E-state index in [1.165, 1.54) is 6.42 Å². The zero-order valence-electron chi connectivity index (χ0n) is 24.6. The van der Waals surface area contributed by atoms with Crippen LogP contribution in [0.25, 0.3) is 5.65 Å². The van der Waals surface area contributed by atoms with Crippen molar-refractivity contribution in [3.8, 4) is 0 Å². The Labute approximate surface area is 249 Å². The standard InChI is InChI=1S/C30H43F3N8O2/c31-20-14-35-27-23(26(34)38-41(27)18-20)28(42)37-22-15-36-30(10-6-4-2-1-3-5-7-11-30)25(33)24(22)39-12-8-19(9-13-39)29(43)40-16-21(32)17-40/h14,18-19,21-22,24-25,36H,1-13,15-17H2,(H2,34,38)(H,37,42). The lowest BCUT2D eigenvalue weighted by Crippen LogP contribution is -2.73. The van der Waals surface area contributed by atoms with Gasteiger partial charge in [0, 0.05) is 12.5 Å². The number of anilines is 1. The first-order chi connectivity index (χ1) is 20.8. The number of piperidine rings is 2. The third-order valence-electron chi connectivity index (χ3n) is 10.1. The number of aromatic nitrogens is 3. The molecular weight excluding hydrogens is 561 g/mol. The average molecular weight is 605 g/mol. The van der Waals surface area contributed by atoms with E-state index in [1.54, 1.807) is 4.90 Å². The second-order valence-corrected chi connectivity index (χ2v) is 12.9. The minimum absolute atomic E-state index is 0.0168. The Kier molecular flexibility index (Phi) is 8.81. The van der Waals surface area contributed by atoms with E-state index in [9.17, 15) is 18.4 Å². The number of hydrogen-bond acceptors (Lipinski definition) is 7. The van der Waals surface area contributed by atoms with Gasteiger partial charge < -0.3 is 21.3 Å². The van der Waals surface area contributed by atoms with Crippen molar-refractivity contribution in [2.45, 2.75) is 101 Å². The highest BCUT2D eigenvalue weighted by atomic mass is 19.1. The number of nitrogens with one attached hydrogen (secondary N) is 2. The molecule has 2 aromatic rings. The van der Waals surface area contributed by atoms with Gasteiger partial charge in [-0.1, -0.05) is 44.9 Å². The fraction of sp³-hybridized carbons (Fsp3) is 0.733. The van der Waals surface area contributed by atoms with Crippen LogP contribution in [-0.2, 0) is 4.79 Å². The Morgan fingerprint density at radius 2 is 1.67 bits per heavy atom. The predicted octanol–water partition coefficient (Wildman–Crippen LogP) is 3.01. The largest absolute Gasteiger partial charge is 0.381 e. The van der Waals surface area contributed by atoms with Crippen LogP contribution >= 0.6 is 0 Å². The quantitative estimate of drug-likeness (QED) is 0.491. The van der Waals surface area contributed by atoms with E-state index in [-0.39, 0.29) is 41.9 Å². The summed E-state index contributed by atoms with van der Waals surface area (Å²) >= 11 is 0. The number of nitrogen functional groups attached to an aromatic ring is 1. The fourth-order valence-electron chi connectivity index (χ4n) is 7.68. The molecule has 2 aromatic heterocycles. The van der Waals surface area contributed by atoms with Gasteiger partial charge in [0.05, 0.1) is 43.1 Å². The van der Waals surface area contributed by atoms with Crippen LogP contribution in [0.15, 0.2) is 12.4 Å². The maximum atomic E-state index is 17.2. The summed E-state index contributed by atoms with van der Waals surface area (Å²) < 4.78 is 45.4. The molecule has 4 fully saturated rings. The van der Waals surface area contributed by atoms with E-state index in [0.29, 0.717) is 32.5 Å². The first-order valence-electron chi connectivity index (χ1n) is 15.9. The van der Waals surface area contributed by atoms with Gasteiger partial charge in [-0.15, -0.1) is 5.10 Å². The van der Waals surface area contributed by atoms with Crippen LogP contribution in [0.5, 0.6) is 0 Å². The molecule has 43 heavy (non-hydrogen) atoms. The van der Waals surface area contributed by atoms with Crippen LogP contribution in [0.2, 0.25) is 0 Å². The molecule has 6 rings (SSSR count). The minimum atomic E-state index is -1.26. The van der Waals surface area contributed by atoms with E-state index in [4.69, 9.17) is 5.73 Å². The molecular formula is C30H43F3N8O2. The van der Waals surface area contributed by atoms with E-state index < -0.39 is 41.7 Å². The van der Waals surface area contributed by atoms with Gasteiger partial charge >= 0.3 is 0 Å². The zero-order chi connectivity index (χ0) is 30.1. The maximum absolute atomic E-state index is 17.2. The summed E-state index contributed by atoms with van der Waals surface area (Å²) in [6.07, 6.45) is 10.1. The third-order valence-corrected chi connectivity index (χ3v) is 10.1. The first-order valence-corrected chi connectivity index (χ1v) is 15.9. The predicted molar refractivity (Wildman–Crippen MR) is 155 cm³/mol. The van der Waals surface area contributed by atoms with Gasteiger partial charge in [-0.2, -0.15) is 0 Å². The van der Waals surface area contributed by atoms with Crippen molar-refractivity contribution < 1.29 is 22.8 Å². The molecule has 3 unspecified atom stereocenters. The highest BCUT2D eigenvalue weighted by Crippen LogP contribution is 2.38. The van der Waals surface area contributed by atoms with Gasteiger partial charge in [-0.05, 0) is 38.8 Å². The number of carbonyl (C=O) groups excluding carboxylic acids is 2. The molecule has 13 heteroatoms. The SMILES string of the molecule is Nc1nn2cc(F)cnc2c1C(=O)NC1CNC2(CCCCCCCCC2)C(F)C1N1CCC(C(=O)N2CC(F)C2)CC1. The molecule has 0 aromatic carbocycles. The van der Waals surface area contributed by atoms with Crippen LogP contribution in [0.3, 0.4) is 0 Å². The van der Waals surface area contributed by atoms with Crippen LogP contribution in [-0.4, -0.2) is 98.9 Å². The minimum Gasteiger partial charge on any atom is -0.381 e. The Morgan fingerprint density at radius 3 is 2.33 bits per heavy atom. The lowest BCUT2D eigenvalue weighted by molar-refractivity contribution is -0.145. The van der Waals surface area contributed by atoms with Crippen molar-refractivity contribution in [2.75, 3.05) is 38.5 Å². The maximum Gasteiger partial charge on any atom is 0.259 e. The number of fused-ring (bicyclic) bond motifs is 1. The molecule has 5 heterocycles. The summed E-state index contributed by atoms with van der Waals surface area (Å²) in [6.45, 7) is 1.71. The molecule has 3 saturated heterocycles. The summed E-state index contributed by atoms with van der Waals surface area (Å²) in [5, 5.41) is 10.6. The van der Waals surface area contributed by atoms with E-state index >= 15 is 4.39 Å². The Bertz CT molecular complexity index is 1300. The zero-order valence-corrected chi connectivity index (χ0v) is 24.6. The van der Waals surface area contributed by atoms with Crippen LogP contribution < -0.4 is 16.4 Å². The highest BCUT2D eigenvalue weighted by Gasteiger charge is 2.52. The lowest BCUT2D eigenvalue weighted by atomic mass is 9.73. The number of nitrogens with two attached hydrogens (primary N) is 1. The van der Waals surface area contributed by atoms with Gasteiger partial charge in [-0.3, -0.25) is 14.5 Å². The number of amides is 2. The molecule has 0 radical (unpaired) electrons. The highest BCUT2D eigenvalue weighted by molar-refractivity contribution is 6.04. The van der Waals surface area contributed by atoms with Crippen LogP contribution in [0, 0.1) is 11.7 Å². The summed E-state index contributed by atoms with van der Waals surface area (Å²) in [7, 11) is 0. The van der Waals surface area contributed by atoms with Crippen LogP contribution in [0.1, 0.15) is 81.0 Å². The van der Waals surface area contributed by atoms with Gasteiger partial charge in [0.15, 0.2) is 17.3 Å². The van der Waals surface area contributed by atoms with Crippen molar-refractivity contribution in [1.29, 1.82) is 0 Å². The molecule has 10 nitrogen and oxygen atoms in total. The number of alkyl halides is 2. The van der Waals surface area contributed by atoms with Gasteiger partial charge in [0.1, 0.15) is 17.9 Å².